The first-order chi connectivity index (χ1) is 15.8. The van der Waals surface area contributed by atoms with Crippen molar-refractivity contribution in [2.45, 2.75) is 46.2 Å². The summed E-state index contributed by atoms with van der Waals surface area (Å²) in [7, 11) is 0. The van der Waals surface area contributed by atoms with Crippen molar-refractivity contribution in [3.05, 3.63) is 87.2 Å². The number of amides is 2. The Bertz CT molecular complexity index is 1220. The molecule has 2 N–H and O–H groups in total. The van der Waals surface area contributed by atoms with Crippen LogP contribution in [0.2, 0.25) is 5.02 Å². The Labute approximate surface area is 198 Å². The van der Waals surface area contributed by atoms with Crippen LogP contribution in [-0.4, -0.2) is 27.6 Å². The van der Waals surface area contributed by atoms with E-state index in [1.165, 1.54) is 17.2 Å². The molecule has 1 fully saturated rings. The second-order valence-corrected chi connectivity index (χ2v) is 8.90. The molecule has 0 bridgehead atoms. The van der Waals surface area contributed by atoms with Crippen LogP contribution in [-0.2, 0) is 11.3 Å². The zero-order chi connectivity index (χ0) is 23.5. The summed E-state index contributed by atoms with van der Waals surface area (Å²) in [4.78, 5) is 24.7. The van der Waals surface area contributed by atoms with Gasteiger partial charge in [-0.15, -0.1) is 0 Å². The lowest BCUT2D eigenvalue weighted by atomic mass is 10.1. The fraction of sp³-hybridized carbons (Fsp3) is 0.269. The molecule has 33 heavy (non-hydrogen) atoms. The lowest BCUT2D eigenvalue weighted by Crippen LogP contribution is -2.25. The van der Waals surface area contributed by atoms with Crippen molar-refractivity contribution in [2.75, 3.05) is 5.32 Å². The zero-order valence-corrected chi connectivity index (χ0v) is 19.7. The molecule has 0 aliphatic heterocycles. The van der Waals surface area contributed by atoms with E-state index >= 15 is 0 Å². The van der Waals surface area contributed by atoms with Crippen molar-refractivity contribution in [2.24, 2.45) is 0 Å². The maximum Gasteiger partial charge on any atom is 0.253 e. The Kier molecular flexibility index (Phi) is 6.65. The predicted molar refractivity (Wildman–Crippen MR) is 132 cm³/mol. The van der Waals surface area contributed by atoms with Crippen molar-refractivity contribution in [1.82, 2.24) is 15.1 Å². The van der Waals surface area contributed by atoms with Crippen LogP contribution in [0.1, 0.15) is 51.3 Å². The Morgan fingerprint density at radius 1 is 1.12 bits per heavy atom. The number of aryl methyl sites for hydroxylation is 2. The van der Waals surface area contributed by atoms with Crippen LogP contribution in [0.15, 0.2) is 48.5 Å². The van der Waals surface area contributed by atoms with E-state index in [0.717, 1.165) is 29.8 Å². The maximum atomic E-state index is 12.5. The lowest BCUT2D eigenvalue weighted by Gasteiger charge is -2.08. The van der Waals surface area contributed by atoms with Gasteiger partial charge in [-0.05, 0) is 63.5 Å². The van der Waals surface area contributed by atoms with E-state index in [-0.39, 0.29) is 17.9 Å². The van der Waals surface area contributed by atoms with E-state index < -0.39 is 0 Å². The molecule has 1 aromatic heterocycles. The van der Waals surface area contributed by atoms with Crippen molar-refractivity contribution in [1.29, 1.82) is 0 Å². The van der Waals surface area contributed by atoms with Crippen molar-refractivity contribution >= 4 is 35.2 Å². The van der Waals surface area contributed by atoms with Gasteiger partial charge in [0.15, 0.2) is 0 Å². The number of benzene rings is 2. The number of hydrogen-bond acceptors (Lipinski definition) is 3. The molecule has 0 saturated heterocycles. The SMILES string of the molecule is Cc1ccc(Cn2nc(C)c(/C=C/C(=O)Nc3ccc(C(=O)NC4CC4)c(Cl)c3)c2C)cc1. The largest absolute Gasteiger partial charge is 0.349 e. The third-order valence-corrected chi connectivity index (χ3v) is 6.00. The third kappa shape index (κ3) is 5.71. The van der Waals surface area contributed by atoms with Gasteiger partial charge in [0.05, 0.1) is 22.8 Å². The normalized spacial score (nSPS) is 13.3. The van der Waals surface area contributed by atoms with Gasteiger partial charge < -0.3 is 10.6 Å². The standard InChI is InChI=1S/C26H27ClN4O2/c1-16-4-6-19(7-5-16)15-31-18(3)22(17(2)30-31)12-13-25(32)28-21-10-11-23(24(27)14-21)26(33)29-20-8-9-20/h4-7,10-14,20H,8-9,15H2,1-3H3,(H,28,32)(H,29,33)/b13-12+. The molecular formula is C26H27ClN4O2. The molecule has 3 aromatic rings. The van der Waals surface area contributed by atoms with Crippen molar-refractivity contribution < 1.29 is 9.59 Å². The quantitative estimate of drug-likeness (QED) is 0.482. The van der Waals surface area contributed by atoms with Gasteiger partial charge in [0.1, 0.15) is 0 Å². The highest BCUT2D eigenvalue weighted by atomic mass is 35.5. The van der Waals surface area contributed by atoms with Crippen molar-refractivity contribution in [3.63, 3.8) is 0 Å². The molecule has 6 nitrogen and oxygen atoms in total. The highest BCUT2D eigenvalue weighted by Crippen LogP contribution is 2.24. The predicted octanol–water partition coefficient (Wildman–Crippen LogP) is 5.05. The molecule has 0 unspecified atom stereocenters. The van der Waals surface area contributed by atoms with Gasteiger partial charge in [-0.1, -0.05) is 41.4 Å². The highest BCUT2D eigenvalue weighted by Gasteiger charge is 2.24. The molecule has 4 rings (SSSR count). The summed E-state index contributed by atoms with van der Waals surface area (Å²) in [5.41, 5.74) is 6.10. The first kappa shape index (κ1) is 22.8. The second kappa shape index (κ2) is 9.63. The second-order valence-electron chi connectivity index (χ2n) is 8.49. The molecule has 0 atom stereocenters. The average molecular weight is 463 g/mol. The number of aromatic nitrogens is 2. The van der Waals surface area contributed by atoms with Crippen LogP contribution in [0.3, 0.4) is 0 Å². The fourth-order valence-electron chi connectivity index (χ4n) is 3.58. The van der Waals surface area contributed by atoms with Crippen LogP contribution >= 0.6 is 11.6 Å². The van der Waals surface area contributed by atoms with E-state index in [1.807, 2.05) is 18.5 Å². The summed E-state index contributed by atoms with van der Waals surface area (Å²) in [6.45, 7) is 6.67. The molecule has 0 spiro atoms. The Morgan fingerprint density at radius 3 is 2.52 bits per heavy atom. The van der Waals surface area contributed by atoms with Crippen LogP contribution in [0.4, 0.5) is 5.69 Å². The van der Waals surface area contributed by atoms with E-state index in [4.69, 9.17) is 11.6 Å². The zero-order valence-electron chi connectivity index (χ0n) is 19.0. The molecule has 1 heterocycles. The molecule has 2 aromatic carbocycles. The monoisotopic (exact) mass is 462 g/mol. The number of nitrogens with one attached hydrogen (secondary N) is 2. The number of nitrogens with zero attached hydrogens (tertiary/aromatic N) is 2. The minimum Gasteiger partial charge on any atom is -0.349 e. The topological polar surface area (TPSA) is 76.0 Å². The molecule has 0 radical (unpaired) electrons. The Hall–Kier alpha value is -3.38. The lowest BCUT2D eigenvalue weighted by molar-refractivity contribution is -0.111. The smallest absolute Gasteiger partial charge is 0.253 e. The van der Waals surface area contributed by atoms with E-state index in [2.05, 4.69) is 46.9 Å². The molecular weight excluding hydrogens is 436 g/mol. The molecule has 1 aliphatic carbocycles. The first-order valence-corrected chi connectivity index (χ1v) is 11.4. The Balaban J connectivity index is 1.41. The fourth-order valence-corrected chi connectivity index (χ4v) is 3.85. The van der Waals surface area contributed by atoms with Gasteiger partial charge in [0, 0.05) is 29.1 Å². The van der Waals surface area contributed by atoms with Crippen LogP contribution < -0.4 is 10.6 Å². The summed E-state index contributed by atoms with van der Waals surface area (Å²) < 4.78 is 1.95. The van der Waals surface area contributed by atoms with Crippen LogP contribution in [0.25, 0.3) is 6.08 Å². The van der Waals surface area contributed by atoms with Gasteiger partial charge in [-0.3, -0.25) is 14.3 Å². The highest BCUT2D eigenvalue weighted by molar-refractivity contribution is 6.34. The molecule has 1 saturated carbocycles. The van der Waals surface area contributed by atoms with E-state index in [9.17, 15) is 9.59 Å². The molecule has 170 valence electrons. The molecule has 7 heteroatoms. The third-order valence-electron chi connectivity index (χ3n) is 5.69. The number of anilines is 1. The minimum atomic E-state index is -0.286. The van der Waals surface area contributed by atoms with Crippen LogP contribution in [0, 0.1) is 20.8 Å². The van der Waals surface area contributed by atoms with Crippen LogP contribution in [0.5, 0.6) is 0 Å². The van der Waals surface area contributed by atoms with E-state index in [0.29, 0.717) is 22.8 Å². The summed E-state index contributed by atoms with van der Waals surface area (Å²) in [6.07, 6.45) is 5.27. The van der Waals surface area contributed by atoms with Gasteiger partial charge in [0.25, 0.3) is 5.91 Å². The minimum absolute atomic E-state index is 0.186. The number of carbonyl (C=O) groups excluding carboxylic acids is 2. The van der Waals surface area contributed by atoms with Gasteiger partial charge in [0.2, 0.25) is 5.91 Å². The Morgan fingerprint density at radius 2 is 1.85 bits per heavy atom. The number of carbonyl (C=O) groups is 2. The summed E-state index contributed by atoms with van der Waals surface area (Å²) in [6, 6.07) is 13.5. The number of halogens is 1. The van der Waals surface area contributed by atoms with Gasteiger partial charge in [-0.2, -0.15) is 5.10 Å². The number of hydrogen-bond donors (Lipinski definition) is 2. The summed E-state index contributed by atoms with van der Waals surface area (Å²) in [5.74, 6) is -0.472. The first-order valence-electron chi connectivity index (χ1n) is 11.0. The van der Waals surface area contributed by atoms with Gasteiger partial charge in [-0.25, -0.2) is 0 Å². The number of rotatable bonds is 7. The van der Waals surface area contributed by atoms with Gasteiger partial charge >= 0.3 is 0 Å². The maximum absolute atomic E-state index is 12.5. The van der Waals surface area contributed by atoms with Crippen molar-refractivity contribution in [3.8, 4) is 0 Å². The van der Waals surface area contributed by atoms with E-state index in [1.54, 1.807) is 24.3 Å². The summed E-state index contributed by atoms with van der Waals surface area (Å²) >= 11 is 6.26. The molecule has 1 aliphatic rings. The average Bonchev–Trinajstić information content (AvgIpc) is 3.54. The summed E-state index contributed by atoms with van der Waals surface area (Å²) in [5, 5.41) is 10.6. The molecule has 2 amide bonds.